The van der Waals surface area contributed by atoms with Crippen molar-refractivity contribution in [2.75, 3.05) is 7.11 Å². The molecule has 0 spiro atoms. The lowest BCUT2D eigenvalue weighted by molar-refractivity contribution is 0.237. The van der Waals surface area contributed by atoms with E-state index < -0.39 is 0 Å². The van der Waals surface area contributed by atoms with Crippen LogP contribution in [-0.4, -0.2) is 13.1 Å². The van der Waals surface area contributed by atoms with E-state index in [-0.39, 0.29) is 12.1 Å². The molecule has 2 N–H and O–H groups in total. The van der Waals surface area contributed by atoms with Gasteiger partial charge in [-0.05, 0) is 30.7 Å². The summed E-state index contributed by atoms with van der Waals surface area (Å²) in [6.45, 7) is 2.31. The van der Waals surface area contributed by atoms with Crippen LogP contribution in [0.5, 0.6) is 5.75 Å². The summed E-state index contributed by atoms with van der Waals surface area (Å²) < 4.78 is 5.25. The number of urea groups is 1. The second-order valence-corrected chi connectivity index (χ2v) is 5.35. The van der Waals surface area contributed by atoms with E-state index in [1.807, 2.05) is 49.4 Å². The molecule has 4 nitrogen and oxygen atoms in total. The number of halogens is 1. The Morgan fingerprint density at radius 3 is 2.73 bits per heavy atom. The molecule has 0 bridgehead atoms. The van der Waals surface area contributed by atoms with E-state index in [1.165, 1.54) is 0 Å². The lowest BCUT2D eigenvalue weighted by Gasteiger charge is -2.16. The van der Waals surface area contributed by atoms with Gasteiger partial charge in [0, 0.05) is 17.1 Å². The standard InChI is InChI=1S/C17H19ClN2O2/c1-12(13-7-5-8-15(18)10-13)20-17(21)19-11-14-6-3-4-9-16(14)22-2/h3-10,12H,11H2,1-2H3,(H2,19,20,21). The van der Waals surface area contributed by atoms with Gasteiger partial charge in [0.15, 0.2) is 0 Å². The molecule has 116 valence electrons. The topological polar surface area (TPSA) is 50.4 Å². The molecule has 0 aliphatic heterocycles. The van der Waals surface area contributed by atoms with Crippen molar-refractivity contribution in [2.24, 2.45) is 0 Å². The Balaban J connectivity index is 1.90. The highest BCUT2D eigenvalue weighted by atomic mass is 35.5. The Bertz CT molecular complexity index is 646. The van der Waals surface area contributed by atoms with Gasteiger partial charge in [-0.1, -0.05) is 41.9 Å². The van der Waals surface area contributed by atoms with Gasteiger partial charge in [-0.3, -0.25) is 0 Å². The third-order valence-corrected chi connectivity index (χ3v) is 3.56. The van der Waals surface area contributed by atoms with Gasteiger partial charge >= 0.3 is 6.03 Å². The number of hydrogen-bond donors (Lipinski definition) is 2. The van der Waals surface area contributed by atoms with Crippen molar-refractivity contribution in [3.63, 3.8) is 0 Å². The second-order valence-electron chi connectivity index (χ2n) is 4.92. The van der Waals surface area contributed by atoms with E-state index in [9.17, 15) is 4.79 Å². The van der Waals surface area contributed by atoms with Crippen LogP contribution in [0.25, 0.3) is 0 Å². The van der Waals surface area contributed by atoms with Gasteiger partial charge in [0.25, 0.3) is 0 Å². The first-order valence-electron chi connectivity index (χ1n) is 7.02. The first-order chi connectivity index (χ1) is 10.6. The average molecular weight is 319 g/mol. The number of carbonyl (C=O) groups is 1. The Morgan fingerprint density at radius 1 is 1.23 bits per heavy atom. The molecule has 0 aliphatic rings. The molecule has 5 heteroatoms. The van der Waals surface area contributed by atoms with Gasteiger partial charge < -0.3 is 15.4 Å². The van der Waals surface area contributed by atoms with Crippen LogP contribution in [0.2, 0.25) is 5.02 Å². The fraction of sp³-hybridized carbons (Fsp3) is 0.235. The molecule has 0 heterocycles. The molecule has 2 aromatic rings. The molecule has 2 rings (SSSR count). The molecule has 1 unspecified atom stereocenters. The monoisotopic (exact) mass is 318 g/mol. The lowest BCUT2D eigenvalue weighted by atomic mass is 10.1. The molecule has 0 saturated carbocycles. The number of nitrogens with one attached hydrogen (secondary N) is 2. The lowest BCUT2D eigenvalue weighted by Crippen LogP contribution is -2.36. The highest BCUT2D eigenvalue weighted by Gasteiger charge is 2.10. The van der Waals surface area contributed by atoms with Crippen LogP contribution in [0.15, 0.2) is 48.5 Å². The highest BCUT2D eigenvalue weighted by Crippen LogP contribution is 2.18. The van der Waals surface area contributed by atoms with E-state index in [0.29, 0.717) is 11.6 Å². The van der Waals surface area contributed by atoms with Crippen LogP contribution >= 0.6 is 11.6 Å². The molecule has 0 radical (unpaired) electrons. The molecule has 2 aromatic carbocycles. The van der Waals surface area contributed by atoms with Crippen LogP contribution in [-0.2, 0) is 6.54 Å². The number of amides is 2. The minimum atomic E-state index is -0.238. The van der Waals surface area contributed by atoms with Crippen molar-refractivity contribution in [2.45, 2.75) is 19.5 Å². The largest absolute Gasteiger partial charge is 0.496 e. The van der Waals surface area contributed by atoms with E-state index >= 15 is 0 Å². The predicted octanol–water partition coefficient (Wildman–Crippen LogP) is 3.91. The molecule has 0 saturated heterocycles. The Kier molecular flexibility index (Phi) is 5.67. The van der Waals surface area contributed by atoms with Gasteiger partial charge in [-0.25, -0.2) is 4.79 Å². The molecule has 22 heavy (non-hydrogen) atoms. The van der Waals surface area contributed by atoms with Crippen molar-refractivity contribution in [1.82, 2.24) is 10.6 Å². The van der Waals surface area contributed by atoms with E-state index in [0.717, 1.165) is 16.9 Å². The zero-order valence-electron chi connectivity index (χ0n) is 12.6. The molecular weight excluding hydrogens is 300 g/mol. The van der Waals surface area contributed by atoms with Crippen molar-refractivity contribution >= 4 is 17.6 Å². The summed E-state index contributed by atoms with van der Waals surface area (Å²) in [5.41, 5.74) is 1.88. The van der Waals surface area contributed by atoms with E-state index in [1.54, 1.807) is 13.2 Å². The number of methoxy groups -OCH3 is 1. The number of benzene rings is 2. The Morgan fingerprint density at radius 2 is 2.00 bits per heavy atom. The SMILES string of the molecule is COc1ccccc1CNC(=O)NC(C)c1cccc(Cl)c1. The summed E-state index contributed by atoms with van der Waals surface area (Å²) in [4.78, 5) is 12.0. The number of para-hydroxylation sites is 1. The average Bonchev–Trinajstić information content (AvgIpc) is 2.53. The zero-order valence-corrected chi connectivity index (χ0v) is 13.4. The zero-order chi connectivity index (χ0) is 15.9. The number of rotatable bonds is 5. The molecule has 0 fully saturated rings. The van der Waals surface area contributed by atoms with Crippen LogP contribution in [0, 0.1) is 0 Å². The van der Waals surface area contributed by atoms with E-state index in [4.69, 9.17) is 16.3 Å². The Hall–Kier alpha value is -2.20. The maximum absolute atomic E-state index is 12.0. The first-order valence-corrected chi connectivity index (χ1v) is 7.39. The van der Waals surface area contributed by atoms with Gasteiger partial charge in [0.05, 0.1) is 13.2 Å². The fourth-order valence-corrected chi connectivity index (χ4v) is 2.33. The normalized spacial score (nSPS) is 11.6. The van der Waals surface area contributed by atoms with Gasteiger partial charge in [-0.15, -0.1) is 0 Å². The third-order valence-electron chi connectivity index (χ3n) is 3.33. The summed E-state index contributed by atoms with van der Waals surface area (Å²) >= 11 is 5.96. The molecule has 1 atom stereocenters. The summed E-state index contributed by atoms with van der Waals surface area (Å²) in [5.74, 6) is 0.755. The quantitative estimate of drug-likeness (QED) is 0.878. The van der Waals surface area contributed by atoms with Crippen LogP contribution in [0.4, 0.5) is 4.79 Å². The van der Waals surface area contributed by atoms with Gasteiger partial charge in [-0.2, -0.15) is 0 Å². The predicted molar refractivity (Wildman–Crippen MR) is 88.2 cm³/mol. The molecule has 0 aromatic heterocycles. The van der Waals surface area contributed by atoms with Crippen LogP contribution in [0.1, 0.15) is 24.1 Å². The van der Waals surface area contributed by atoms with Gasteiger partial charge in [0.2, 0.25) is 0 Å². The number of ether oxygens (including phenoxy) is 1. The first kappa shape index (κ1) is 16.2. The van der Waals surface area contributed by atoms with Crippen molar-refractivity contribution in [3.8, 4) is 5.75 Å². The summed E-state index contributed by atoms with van der Waals surface area (Å²) in [6, 6.07) is 14.7. The minimum absolute atomic E-state index is 0.128. The summed E-state index contributed by atoms with van der Waals surface area (Å²) in [5, 5.41) is 6.36. The number of hydrogen-bond acceptors (Lipinski definition) is 2. The van der Waals surface area contributed by atoms with Crippen LogP contribution in [0.3, 0.4) is 0 Å². The number of carbonyl (C=O) groups excluding carboxylic acids is 1. The molecule has 2 amide bonds. The van der Waals surface area contributed by atoms with E-state index in [2.05, 4.69) is 10.6 Å². The van der Waals surface area contributed by atoms with Gasteiger partial charge in [0.1, 0.15) is 5.75 Å². The van der Waals surface area contributed by atoms with Crippen molar-refractivity contribution in [3.05, 3.63) is 64.7 Å². The van der Waals surface area contributed by atoms with Crippen molar-refractivity contribution < 1.29 is 9.53 Å². The summed E-state index contributed by atoms with van der Waals surface area (Å²) in [7, 11) is 1.61. The highest BCUT2D eigenvalue weighted by molar-refractivity contribution is 6.30. The maximum atomic E-state index is 12.0. The molecular formula is C17H19ClN2O2. The minimum Gasteiger partial charge on any atom is -0.496 e. The fourth-order valence-electron chi connectivity index (χ4n) is 2.13. The molecule has 0 aliphatic carbocycles. The maximum Gasteiger partial charge on any atom is 0.315 e. The Labute approximate surface area is 135 Å². The summed E-state index contributed by atoms with van der Waals surface area (Å²) in [6.07, 6.45) is 0. The smallest absolute Gasteiger partial charge is 0.315 e. The second kappa shape index (κ2) is 7.71. The van der Waals surface area contributed by atoms with Crippen LogP contribution < -0.4 is 15.4 Å². The van der Waals surface area contributed by atoms with Crippen molar-refractivity contribution in [1.29, 1.82) is 0 Å². The third kappa shape index (κ3) is 4.40.